The van der Waals surface area contributed by atoms with Gasteiger partial charge in [-0.25, -0.2) is 0 Å². The zero-order valence-corrected chi connectivity index (χ0v) is 13.4. The molecule has 4 aliphatic carbocycles. The van der Waals surface area contributed by atoms with E-state index in [9.17, 15) is 9.90 Å². The molecule has 3 saturated carbocycles. The predicted molar refractivity (Wildman–Crippen MR) is 82.7 cm³/mol. The highest BCUT2D eigenvalue weighted by atomic mass is 16.3. The number of ketones is 1. The maximum absolute atomic E-state index is 11.8. The lowest BCUT2D eigenvalue weighted by molar-refractivity contribution is -0.118. The molecular weight excluding hydrogens is 260 g/mol. The zero-order chi connectivity index (χ0) is 14.8. The van der Waals surface area contributed by atoms with Crippen LogP contribution in [0, 0.1) is 28.6 Å². The van der Waals surface area contributed by atoms with E-state index in [1.54, 1.807) is 0 Å². The van der Waals surface area contributed by atoms with Crippen molar-refractivity contribution in [2.24, 2.45) is 28.6 Å². The molecule has 0 aromatic rings. The lowest BCUT2D eigenvalue weighted by atomic mass is 9.47. The summed E-state index contributed by atoms with van der Waals surface area (Å²) >= 11 is 0. The molecule has 0 heterocycles. The highest BCUT2D eigenvalue weighted by Crippen LogP contribution is 2.65. The predicted octanol–water partition coefficient (Wildman–Crippen LogP) is 3.88. The minimum Gasteiger partial charge on any atom is -0.393 e. The molecule has 4 aliphatic rings. The molecule has 4 rings (SSSR count). The molecule has 2 nitrogen and oxygen atoms in total. The molecule has 116 valence electrons. The summed E-state index contributed by atoms with van der Waals surface area (Å²) in [5, 5.41) is 10.4. The number of hydrogen-bond donors (Lipinski definition) is 1. The molecule has 4 unspecified atom stereocenters. The van der Waals surface area contributed by atoms with Gasteiger partial charge in [0.15, 0.2) is 5.78 Å². The van der Waals surface area contributed by atoms with Crippen molar-refractivity contribution in [3.8, 4) is 0 Å². The highest BCUT2D eigenvalue weighted by molar-refractivity contribution is 5.91. The van der Waals surface area contributed by atoms with Crippen molar-refractivity contribution in [2.45, 2.75) is 71.3 Å². The first kappa shape index (κ1) is 14.0. The van der Waals surface area contributed by atoms with Crippen LogP contribution >= 0.6 is 0 Å². The van der Waals surface area contributed by atoms with E-state index in [0.29, 0.717) is 11.7 Å². The van der Waals surface area contributed by atoms with Gasteiger partial charge in [-0.3, -0.25) is 4.79 Å². The van der Waals surface area contributed by atoms with Gasteiger partial charge in [-0.15, -0.1) is 0 Å². The molecule has 0 aliphatic heterocycles. The third kappa shape index (κ3) is 1.78. The Labute approximate surface area is 128 Å². The fourth-order valence-electron chi connectivity index (χ4n) is 6.53. The number of carbonyl (C=O) groups is 1. The molecule has 0 saturated heterocycles. The van der Waals surface area contributed by atoms with Gasteiger partial charge in [0.1, 0.15) is 0 Å². The molecule has 0 radical (unpaired) electrons. The van der Waals surface area contributed by atoms with Crippen LogP contribution in [0.1, 0.15) is 65.2 Å². The van der Waals surface area contributed by atoms with Gasteiger partial charge in [0.2, 0.25) is 0 Å². The lowest BCUT2D eigenvalue weighted by Crippen LogP contribution is -2.51. The lowest BCUT2D eigenvalue weighted by Gasteiger charge is -2.57. The van der Waals surface area contributed by atoms with Gasteiger partial charge in [0, 0.05) is 6.42 Å². The van der Waals surface area contributed by atoms with Crippen molar-refractivity contribution in [3.05, 3.63) is 11.6 Å². The minimum absolute atomic E-state index is 0.0823. The fourth-order valence-corrected chi connectivity index (χ4v) is 6.53. The summed E-state index contributed by atoms with van der Waals surface area (Å²) in [6.45, 7) is 4.76. The van der Waals surface area contributed by atoms with Gasteiger partial charge in [-0.2, -0.15) is 0 Å². The Hall–Kier alpha value is -0.630. The number of aliphatic hydroxyl groups is 1. The summed E-state index contributed by atoms with van der Waals surface area (Å²) in [6, 6.07) is 0. The zero-order valence-electron chi connectivity index (χ0n) is 13.4. The van der Waals surface area contributed by atoms with Gasteiger partial charge in [0.25, 0.3) is 0 Å². The molecule has 21 heavy (non-hydrogen) atoms. The first-order chi connectivity index (χ1) is 9.95. The second-order valence-electron chi connectivity index (χ2n) is 8.61. The number of hydrogen-bond acceptors (Lipinski definition) is 2. The van der Waals surface area contributed by atoms with Crippen LogP contribution in [0.25, 0.3) is 0 Å². The number of allylic oxidation sites excluding steroid dienone is 1. The van der Waals surface area contributed by atoms with E-state index >= 15 is 0 Å². The van der Waals surface area contributed by atoms with E-state index in [1.807, 2.05) is 6.08 Å². The molecule has 0 aromatic heterocycles. The molecule has 6 atom stereocenters. The van der Waals surface area contributed by atoms with Crippen molar-refractivity contribution < 1.29 is 9.90 Å². The normalized spacial score (nSPS) is 52.7. The molecular formula is C19H28O2. The van der Waals surface area contributed by atoms with E-state index in [2.05, 4.69) is 13.8 Å². The van der Waals surface area contributed by atoms with Crippen LogP contribution in [-0.4, -0.2) is 17.0 Å². The summed E-state index contributed by atoms with van der Waals surface area (Å²) in [5.74, 6) is 2.57. The van der Waals surface area contributed by atoms with Crippen molar-refractivity contribution in [1.82, 2.24) is 0 Å². The van der Waals surface area contributed by atoms with Crippen LogP contribution in [0.4, 0.5) is 0 Å². The first-order valence-corrected chi connectivity index (χ1v) is 8.87. The maximum atomic E-state index is 11.8. The highest BCUT2D eigenvalue weighted by Gasteiger charge is 2.58. The Bertz CT molecular complexity index is 508. The molecule has 0 bridgehead atoms. The third-order valence-corrected chi connectivity index (χ3v) is 7.91. The van der Waals surface area contributed by atoms with E-state index in [-0.39, 0.29) is 16.9 Å². The van der Waals surface area contributed by atoms with Crippen LogP contribution in [0.3, 0.4) is 0 Å². The Kier molecular flexibility index (Phi) is 2.96. The summed E-state index contributed by atoms with van der Waals surface area (Å²) < 4.78 is 0. The van der Waals surface area contributed by atoms with E-state index < -0.39 is 0 Å². The van der Waals surface area contributed by atoms with Crippen LogP contribution < -0.4 is 0 Å². The number of carbonyl (C=O) groups excluding carboxylic acids is 1. The average molecular weight is 288 g/mol. The third-order valence-electron chi connectivity index (χ3n) is 7.91. The largest absolute Gasteiger partial charge is 0.393 e. The standard InChI is InChI=1S/C19H28O2/c1-18-9-7-13(20)11-12(18)3-4-14-15-5-6-17(21)19(15,2)10-8-16(14)18/h11,14-17,21H,3-10H2,1-2H3/t14?,15?,16?,17?,18-,19-/m1/s1. The van der Waals surface area contributed by atoms with E-state index in [0.717, 1.165) is 37.5 Å². The van der Waals surface area contributed by atoms with Gasteiger partial charge >= 0.3 is 0 Å². The average Bonchev–Trinajstić information content (AvgIpc) is 2.76. The maximum Gasteiger partial charge on any atom is 0.155 e. The van der Waals surface area contributed by atoms with Gasteiger partial charge in [-0.05, 0) is 79.6 Å². The smallest absolute Gasteiger partial charge is 0.155 e. The Morgan fingerprint density at radius 2 is 1.86 bits per heavy atom. The van der Waals surface area contributed by atoms with E-state index in [1.165, 1.54) is 31.3 Å². The van der Waals surface area contributed by atoms with Gasteiger partial charge in [0.05, 0.1) is 6.10 Å². The summed E-state index contributed by atoms with van der Waals surface area (Å²) in [4.78, 5) is 11.8. The SMILES string of the molecule is C[C@@]12CCC3C(CCC4=CC(=O)CC[C@]43C)C1CCC2O. The first-order valence-electron chi connectivity index (χ1n) is 8.87. The molecule has 3 fully saturated rings. The molecule has 0 amide bonds. The molecule has 1 N–H and O–H groups in total. The van der Waals surface area contributed by atoms with Crippen molar-refractivity contribution in [3.63, 3.8) is 0 Å². The van der Waals surface area contributed by atoms with Crippen molar-refractivity contribution in [2.75, 3.05) is 0 Å². The summed E-state index contributed by atoms with van der Waals surface area (Å²) in [6.07, 6.45) is 10.7. The number of fused-ring (bicyclic) bond motifs is 5. The van der Waals surface area contributed by atoms with Crippen LogP contribution in [0.2, 0.25) is 0 Å². The Morgan fingerprint density at radius 1 is 1.05 bits per heavy atom. The van der Waals surface area contributed by atoms with Gasteiger partial charge in [-0.1, -0.05) is 19.4 Å². The van der Waals surface area contributed by atoms with Crippen LogP contribution in [0.5, 0.6) is 0 Å². The second kappa shape index (κ2) is 4.44. The van der Waals surface area contributed by atoms with Crippen LogP contribution in [0.15, 0.2) is 11.6 Å². The Balaban J connectivity index is 1.69. The summed E-state index contributed by atoms with van der Waals surface area (Å²) in [7, 11) is 0. The van der Waals surface area contributed by atoms with Crippen LogP contribution in [-0.2, 0) is 4.79 Å². The quantitative estimate of drug-likeness (QED) is 0.734. The van der Waals surface area contributed by atoms with Gasteiger partial charge < -0.3 is 5.11 Å². The summed E-state index contributed by atoms with van der Waals surface area (Å²) in [5.41, 5.74) is 1.89. The topological polar surface area (TPSA) is 37.3 Å². The molecule has 0 spiro atoms. The number of aliphatic hydroxyl groups excluding tert-OH is 1. The molecule has 2 heteroatoms. The number of rotatable bonds is 0. The second-order valence-corrected chi connectivity index (χ2v) is 8.61. The van der Waals surface area contributed by atoms with Crippen molar-refractivity contribution in [1.29, 1.82) is 0 Å². The fraction of sp³-hybridized carbons (Fsp3) is 0.842. The minimum atomic E-state index is -0.0823. The van der Waals surface area contributed by atoms with E-state index in [4.69, 9.17) is 0 Å². The monoisotopic (exact) mass is 288 g/mol. The molecule has 0 aromatic carbocycles. The van der Waals surface area contributed by atoms with Crippen molar-refractivity contribution >= 4 is 5.78 Å². The Morgan fingerprint density at radius 3 is 2.67 bits per heavy atom.